The molecule has 0 aliphatic carbocycles. The lowest BCUT2D eigenvalue weighted by Gasteiger charge is -2.05. The molecule has 0 aliphatic heterocycles. The number of aromatic nitrogens is 3. The number of aryl methyl sites for hydroxylation is 1. The number of rotatable bonds is 4. The van der Waals surface area contributed by atoms with Gasteiger partial charge in [-0.3, -0.25) is 20.4 Å². The number of thiazole rings is 1. The van der Waals surface area contributed by atoms with E-state index in [-0.39, 0.29) is 12.2 Å². The molecule has 0 bridgehead atoms. The second-order valence-corrected chi connectivity index (χ2v) is 6.63. The summed E-state index contributed by atoms with van der Waals surface area (Å²) < 4.78 is 16.6. The van der Waals surface area contributed by atoms with Crippen LogP contribution in [0.5, 0.6) is 0 Å². The Kier molecular flexibility index (Phi) is 5.10. The van der Waals surface area contributed by atoms with E-state index in [0.29, 0.717) is 21.3 Å². The molecule has 0 aliphatic rings. The Hall–Kier alpha value is -2.72. The van der Waals surface area contributed by atoms with E-state index >= 15 is 0 Å². The average Bonchev–Trinajstić information content (AvgIpc) is 3.22. The van der Waals surface area contributed by atoms with Crippen molar-refractivity contribution in [2.45, 2.75) is 13.3 Å². The fourth-order valence-corrected chi connectivity index (χ4v) is 3.32. The van der Waals surface area contributed by atoms with Crippen molar-refractivity contribution >= 4 is 34.7 Å². The van der Waals surface area contributed by atoms with Gasteiger partial charge in [-0.05, 0) is 42.7 Å². The van der Waals surface area contributed by atoms with Crippen LogP contribution in [0.15, 0.2) is 29.6 Å². The summed E-state index contributed by atoms with van der Waals surface area (Å²) in [4.78, 5) is 28.5. The first-order valence-electron chi connectivity index (χ1n) is 7.11. The van der Waals surface area contributed by atoms with Gasteiger partial charge in [-0.15, -0.1) is 16.4 Å². The Morgan fingerprint density at radius 1 is 1.20 bits per heavy atom. The van der Waals surface area contributed by atoms with Crippen LogP contribution in [0.25, 0.3) is 10.6 Å². The van der Waals surface area contributed by atoms with Crippen LogP contribution in [0.1, 0.15) is 21.1 Å². The fourth-order valence-electron chi connectivity index (χ4n) is 1.94. The summed E-state index contributed by atoms with van der Waals surface area (Å²) in [6.45, 7) is 1.66. The Morgan fingerprint density at radius 2 is 1.96 bits per heavy atom. The minimum atomic E-state index is -0.467. The number of hydrogen-bond donors (Lipinski definition) is 2. The standard InChI is InChI=1S/C15H12FN5O2S2/c1-8-13(25-21-18-8)14(23)20-19-12(22)6-11-7-24-15(17-11)9-2-4-10(16)5-3-9/h2-5,7H,6H2,1H3,(H,19,22)(H,20,23). The first kappa shape index (κ1) is 17.1. The van der Waals surface area contributed by atoms with Crippen LogP contribution < -0.4 is 10.9 Å². The van der Waals surface area contributed by atoms with Crippen LogP contribution in [0.4, 0.5) is 4.39 Å². The maximum absolute atomic E-state index is 12.9. The van der Waals surface area contributed by atoms with Gasteiger partial charge in [0.2, 0.25) is 5.91 Å². The van der Waals surface area contributed by atoms with E-state index in [4.69, 9.17) is 0 Å². The van der Waals surface area contributed by atoms with Gasteiger partial charge in [0, 0.05) is 10.9 Å². The van der Waals surface area contributed by atoms with Crippen molar-refractivity contribution in [3.8, 4) is 10.6 Å². The summed E-state index contributed by atoms with van der Waals surface area (Å²) in [6, 6.07) is 5.97. The number of nitrogens with zero attached hydrogens (tertiary/aromatic N) is 3. The van der Waals surface area contributed by atoms with Gasteiger partial charge in [-0.25, -0.2) is 9.37 Å². The maximum atomic E-state index is 12.9. The third-order valence-corrected chi connectivity index (χ3v) is 4.92. The molecule has 1 aromatic carbocycles. The monoisotopic (exact) mass is 377 g/mol. The second kappa shape index (κ2) is 7.45. The predicted octanol–water partition coefficient (Wildman–Crippen LogP) is 2.11. The zero-order valence-electron chi connectivity index (χ0n) is 12.9. The summed E-state index contributed by atoms with van der Waals surface area (Å²) in [5, 5.41) is 6.17. The zero-order chi connectivity index (χ0) is 17.8. The van der Waals surface area contributed by atoms with Crippen molar-refractivity contribution in [3.63, 3.8) is 0 Å². The van der Waals surface area contributed by atoms with Crippen molar-refractivity contribution in [2.24, 2.45) is 0 Å². The van der Waals surface area contributed by atoms with E-state index in [9.17, 15) is 14.0 Å². The molecule has 0 radical (unpaired) electrons. The minimum absolute atomic E-state index is 0.0118. The zero-order valence-corrected chi connectivity index (χ0v) is 14.6. The summed E-state index contributed by atoms with van der Waals surface area (Å²) in [5.74, 6) is -1.19. The largest absolute Gasteiger partial charge is 0.283 e. The molecule has 2 heterocycles. The molecule has 128 valence electrons. The molecule has 2 amide bonds. The highest BCUT2D eigenvalue weighted by Crippen LogP contribution is 2.24. The second-order valence-electron chi connectivity index (χ2n) is 5.02. The molecule has 10 heteroatoms. The number of hydrazine groups is 1. The normalized spacial score (nSPS) is 10.5. The lowest BCUT2D eigenvalue weighted by Crippen LogP contribution is -2.42. The first-order chi connectivity index (χ1) is 12.0. The van der Waals surface area contributed by atoms with E-state index in [1.165, 1.54) is 23.5 Å². The van der Waals surface area contributed by atoms with E-state index in [1.54, 1.807) is 24.4 Å². The van der Waals surface area contributed by atoms with Gasteiger partial charge in [0.05, 0.1) is 17.8 Å². The summed E-state index contributed by atoms with van der Waals surface area (Å²) in [6.07, 6.45) is 0.0118. The van der Waals surface area contributed by atoms with Gasteiger partial charge >= 0.3 is 0 Å². The third kappa shape index (κ3) is 4.22. The number of nitrogens with one attached hydrogen (secondary N) is 2. The Bertz CT molecular complexity index is 907. The number of hydrogen-bond acceptors (Lipinski definition) is 7. The number of halogens is 1. The molecule has 3 aromatic rings. The quantitative estimate of drug-likeness (QED) is 0.679. The smallest absolute Gasteiger partial charge is 0.273 e. The topological polar surface area (TPSA) is 96.9 Å². The van der Waals surface area contributed by atoms with E-state index in [2.05, 4.69) is 25.4 Å². The van der Waals surface area contributed by atoms with Crippen molar-refractivity contribution < 1.29 is 14.0 Å². The Balaban J connectivity index is 1.56. The molecule has 0 saturated carbocycles. The SMILES string of the molecule is Cc1nnsc1C(=O)NNC(=O)Cc1csc(-c2ccc(F)cc2)n1. The molecule has 2 aromatic heterocycles. The van der Waals surface area contributed by atoms with Crippen molar-refractivity contribution in [1.82, 2.24) is 25.4 Å². The number of benzene rings is 1. The van der Waals surface area contributed by atoms with E-state index < -0.39 is 11.8 Å². The minimum Gasteiger partial charge on any atom is -0.273 e. The lowest BCUT2D eigenvalue weighted by molar-refractivity contribution is -0.121. The molecular weight excluding hydrogens is 365 g/mol. The molecular formula is C15H12FN5O2S2. The van der Waals surface area contributed by atoms with Gasteiger partial charge in [0.15, 0.2) is 0 Å². The summed E-state index contributed by atoms with van der Waals surface area (Å²) in [7, 11) is 0. The maximum Gasteiger partial charge on any atom is 0.283 e. The first-order valence-corrected chi connectivity index (χ1v) is 8.76. The number of carbonyl (C=O) groups excluding carboxylic acids is 2. The summed E-state index contributed by atoms with van der Waals surface area (Å²) in [5.41, 5.74) is 6.49. The van der Waals surface area contributed by atoms with Crippen LogP contribution in [-0.4, -0.2) is 26.4 Å². The highest BCUT2D eigenvalue weighted by Gasteiger charge is 2.14. The van der Waals surface area contributed by atoms with Crippen LogP contribution in [0.3, 0.4) is 0 Å². The molecule has 0 spiro atoms. The van der Waals surface area contributed by atoms with E-state index in [0.717, 1.165) is 17.1 Å². The molecule has 0 fully saturated rings. The molecule has 0 saturated heterocycles. The summed E-state index contributed by atoms with van der Waals surface area (Å²) >= 11 is 2.31. The fraction of sp³-hybridized carbons (Fsp3) is 0.133. The van der Waals surface area contributed by atoms with Gasteiger partial charge in [-0.1, -0.05) is 4.49 Å². The molecule has 2 N–H and O–H groups in total. The van der Waals surface area contributed by atoms with Crippen LogP contribution in [0, 0.1) is 12.7 Å². The van der Waals surface area contributed by atoms with Crippen molar-refractivity contribution in [2.75, 3.05) is 0 Å². The molecule has 7 nitrogen and oxygen atoms in total. The highest BCUT2D eigenvalue weighted by molar-refractivity contribution is 7.13. The van der Waals surface area contributed by atoms with Crippen LogP contribution in [-0.2, 0) is 11.2 Å². The Labute approximate surface area is 150 Å². The van der Waals surface area contributed by atoms with Crippen LogP contribution in [0.2, 0.25) is 0 Å². The van der Waals surface area contributed by atoms with Gasteiger partial charge < -0.3 is 0 Å². The van der Waals surface area contributed by atoms with Crippen LogP contribution >= 0.6 is 22.9 Å². The molecule has 0 atom stereocenters. The molecule has 3 rings (SSSR count). The van der Waals surface area contributed by atoms with Crippen molar-refractivity contribution in [3.05, 3.63) is 51.7 Å². The van der Waals surface area contributed by atoms with E-state index in [1.807, 2.05) is 0 Å². The molecule has 0 unspecified atom stereocenters. The van der Waals surface area contributed by atoms with Gasteiger partial charge in [-0.2, -0.15) is 0 Å². The average molecular weight is 377 g/mol. The van der Waals surface area contributed by atoms with Gasteiger partial charge in [0.25, 0.3) is 5.91 Å². The lowest BCUT2D eigenvalue weighted by atomic mass is 10.2. The third-order valence-electron chi connectivity index (χ3n) is 3.16. The highest BCUT2D eigenvalue weighted by atomic mass is 32.1. The molecule has 25 heavy (non-hydrogen) atoms. The number of carbonyl (C=O) groups is 2. The van der Waals surface area contributed by atoms with Gasteiger partial charge in [0.1, 0.15) is 15.7 Å². The van der Waals surface area contributed by atoms with Crippen molar-refractivity contribution in [1.29, 1.82) is 0 Å². The predicted molar refractivity (Wildman–Crippen MR) is 91.5 cm³/mol. The Morgan fingerprint density at radius 3 is 2.64 bits per heavy atom. The number of amides is 2.